The van der Waals surface area contributed by atoms with Crippen LogP contribution in [0.25, 0.3) is 0 Å². The average Bonchev–Trinajstić information content (AvgIpc) is 2.87. The zero-order valence-corrected chi connectivity index (χ0v) is 14.3. The lowest BCUT2D eigenvalue weighted by atomic mass is 9.82. The van der Waals surface area contributed by atoms with Crippen LogP contribution in [-0.4, -0.2) is 30.8 Å². The number of hydrogen-bond acceptors (Lipinski definition) is 1. The highest BCUT2D eigenvalue weighted by molar-refractivity contribution is 6.11. The van der Waals surface area contributed by atoms with Gasteiger partial charge in [-0.1, -0.05) is 65.2 Å². The van der Waals surface area contributed by atoms with Crippen molar-refractivity contribution in [3.63, 3.8) is 0 Å². The van der Waals surface area contributed by atoms with Gasteiger partial charge < -0.3 is 4.90 Å². The van der Waals surface area contributed by atoms with Gasteiger partial charge in [-0.15, -0.1) is 0 Å². The summed E-state index contributed by atoms with van der Waals surface area (Å²) in [5.41, 5.74) is 0.359. The molecule has 1 heterocycles. The number of unbranched alkanes of at least 4 members (excludes halogenated alkanes) is 6. The van der Waals surface area contributed by atoms with Crippen molar-refractivity contribution in [2.24, 2.45) is 0 Å². The van der Waals surface area contributed by atoms with Crippen LogP contribution in [0.5, 0.6) is 0 Å². The van der Waals surface area contributed by atoms with Crippen molar-refractivity contribution in [3.05, 3.63) is 0 Å². The molecule has 1 atom stereocenters. The molecule has 0 bridgehead atoms. The Balaban J connectivity index is 2.47. The summed E-state index contributed by atoms with van der Waals surface area (Å²) >= 11 is 0. The van der Waals surface area contributed by atoms with Crippen LogP contribution in [0, 0.1) is 0 Å². The van der Waals surface area contributed by atoms with Gasteiger partial charge >= 0.3 is 0 Å². The Morgan fingerprint density at radius 1 is 0.950 bits per heavy atom. The molecule has 1 unspecified atom stereocenters. The molecular weight excluding hydrogens is 241 g/mol. The minimum Gasteiger partial charge on any atom is -0.304 e. The second-order valence-electron chi connectivity index (χ2n) is 7.02. The fourth-order valence-electron chi connectivity index (χ4n) is 3.74. The minimum absolute atomic E-state index is 0.317. The Morgan fingerprint density at radius 2 is 1.50 bits per heavy atom. The molecule has 0 aromatic rings. The van der Waals surface area contributed by atoms with E-state index in [9.17, 15) is 0 Å². The molecule has 1 aliphatic heterocycles. The van der Waals surface area contributed by atoms with Gasteiger partial charge in [0.1, 0.15) is 0 Å². The predicted molar refractivity (Wildman–Crippen MR) is 91.4 cm³/mol. The van der Waals surface area contributed by atoms with Crippen LogP contribution in [0.15, 0.2) is 0 Å². The fourth-order valence-corrected chi connectivity index (χ4v) is 3.74. The van der Waals surface area contributed by atoms with Crippen molar-refractivity contribution in [3.8, 4) is 0 Å². The molecule has 0 N–H and O–H groups in total. The lowest BCUT2D eigenvalue weighted by molar-refractivity contribution is 0.0938. The molecule has 0 aromatic heterocycles. The van der Waals surface area contributed by atoms with E-state index in [2.05, 4.69) is 25.7 Å². The first-order chi connectivity index (χ1) is 9.64. The Labute approximate surface area is 129 Å². The van der Waals surface area contributed by atoms with Gasteiger partial charge in [-0.25, -0.2) is 0 Å². The second-order valence-corrected chi connectivity index (χ2v) is 7.02. The molecule has 0 aliphatic carbocycles. The predicted octanol–water partition coefficient (Wildman–Crippen LogP) is 5.28. The highest BCUT2D eigenvalue weighted by atomic mass is 15.2. The van der Waals surface area contributed by atoms with E-state index in [1.807, 2.05) is 0 Å². The van der Waals surface area contributed by atoms with E-state index in [1.165, 1.54) is 83.6 Å². The molecule has 0 aromatic carbocycles. The second kappa shape index (κ2) is 9.87. The van der Waals surface area contributed by atoms with Crippen LogP contribution < -0.4 is 0 Å². The minimum atomic E-state index is 0.317. The highest BCUT2D eigenvalue weighted by Crippen LogP contribution is 2.34. The van der Waals surface area contributed by atoms with Crippen LogP contribution in [0.3, 0.4) is 0 Å². The summed E-state index contributed by atoms with van der Waals surface area (Å²) in [5.74, 6) is 0.317. The smallest absolute Gasteiger partial charge is 0.0910 e. The van der Waals surface area contributed by atoms with E-state index in [-0.39, 0.29) is 0 Å². The molecule has 2 heteroatoms. The molecule has 0 spiro atoms. The number of likely N-dealkylation sites (tertiary alicyclic amines) is 1. The molecule has 1 saturated heterocycles. The van der Waals surface area contributed by atoms with E-state index in [0.717, 1.165) is 0 Å². The van der Waals surface area contributed by atoms with Gasteiger partial charge in [-0.05, 0) is 45.1 Å². The summed E-state index contributed by atoms with van der Waals surface area (Å²) in [6.45, 7) is 8.29. The maximum absolute atomic E-state index is 6.35. The third-order valence-corrected chi connectivity index (χ3v) is 5.13. The monoisotopic (exact) mass is 277 g/mol. The summed E-state index contributed by atoms with van der Waals surface area (Å²) in [7, 11) is 6.35. The van der Waals surface area contributed by atoms with Crippen molar-refractivity contribution in [1.29, 1.82) is 0 Å². The van der Waals surface area contributed by atoms with Gasteiger partial charge in [0.15, 0.2) is 0 Å². The van der Waals surface area contributed by atoms with Gasteiger partial charge in [-0.3, -0.25) is 0 Å². The first-order valence-electron chi connectivity index (χ1n) is 9.16. The first kappa shape index (κ1) is 18.1. The standard InChI is InChI=1S/C18H36BN/c1-4-6-8-10-14-18(3,15-11-9-7-5-2)20-16-12-13-17(20)19/h17H,4-16H2,1-3H3. The summed E-state index contributed by atoms with van der Waals surface area (Å²) in [5, 5.41) is 0. The van der Waals surface area contributed by atoms with Crippen LogP contribution in [-0.2, 0) is 0 Å². The molecule has 20 heavy (non-hydrogen) atoms. The quantitative estimate of drug-likeness (QED) is 0.367. The first-order valence-corrected chi connectivity index (χ1v) is 9.16. The van der Waals surface area contributed by atoms with Crippen LogP contribution in [0.2, 0.25) is 0 Å². The topological polar surface area (TPSA) is 3.24 Å². The van der Waals surface area contributed by atoms with Gasteiger partial charge in [0.25, 0.3) is 0 Å². The summed E-state index contributed by atoms with van der Waals surface area (Å²) in [6.07, 6.45) is 16.1. The molecule has 1 rings (SSSR count). The molecule has 0 amide bonds. The molecule has 1 nitrogen and oxygen atoms in total. The zero-order chi connectivity index (χ0) is 14.8. The molecule has 2 radical (unpaired) electrons. The summed E-state index contributed by atoms with van der Waals surface area (Å²) < 4.78 is 0. The number of hydrogen-bond donors (Lipinski definition) is 0. The van der Waals surface area contributed by atoms with Crippen molar-refractivity contribution in [2.75, 3.05) is 6.54 Å². The number of nitrogens with zero attached hydrogens (tertiary/aromatic N) is 1. The molecule has 0 saturated carbocycles. The van der Waals surface area contributed by atoms with Crippen molar-refractivity contribution >= 4 is 7.85 Å². The van der Waals surface area contributed by atoms with E-state index in [1.54, 1.807) is 0 Å². The van der Waals surface area contributed by atoms with E-state index < -0.39 is 0 Å². The third kappa shape index (κ3) is 5.80. The van der Waals surface area contributed by atoms with Gasteiger partial charge in [0.05, 0.1) is 7.85 Å². The number of rotatable bonds is 11. The van der Waals surface area contributed by atoms with Crippen molar-refractivity contribution in [1.82, 2.24) is 4.90 Å². The Hall–Kier alpha value is 0.0249. The molecule has 1 fully saturated rings. The highest BCUT2D eigenvalue weighted by Gasteiger charge is 2.35. The van der Waals surface area contributed by atoms with Crippen LogP contribution >= 0.6 is 0 Å². The normalized spacial score (nSPS) is 20.6. The van der Waals surface area contributed by atoms with Gasteiger partial charge in [-0.2, -0.15) is 0 Å². The maximum atomic E-state index is 6.35. The van der Waals surface area contributed by atoms with Crippen molar-refractivity contribution in [2.45, 2.75) is 109 Å². The maximum Gasteiger partial charge on any atom is 0.0910 e. The average molecular weight is 277 g/mol. The summed E-state index contributed by atoms with van der Waals surface area (Å²) in [4.78, 5) is 2.63. The van der Waals surface area contributed by atoms with Gasteiger partial charge in [0.2, 0.25) is 0 Å². The lowest BCUT2D eigenvalue weighted by Crippen LogP contribution is -2.49. The molecule has 1 aliphatic rings. The Morgan fingerprint density at radius 3 is 1.90 bits per heavy atom. The fraction of sp³-hybridized carbons (Fsp3) is 1.00. The Bertz CT molecular complexity index is 230. The van der Waals surface area contributed by atoms with E-state index in [0.29, 0.717) is 11.5 Å². The molecular formula is C18H36BN. The zero-order valence-electron chi connectivity index (χ0n) is 14.3. The largest absolute Gasteiger partial charge is 0.304 e. The Kier molecular flexibility index (Phi) is 8.92. The van der Waals surface area contributed by atoms with E-state index >= 15 is 0 Å². The third-order valence-electron chi connectivity index (χ3n) is 5.13. The van der Waals surface area contributed by atoms with Crippen molar-refractivity contribution < 1.29 is 0 Å². The van der Waals surface area contributed by atoms with Crippen LogP contribution in [0.1, 0.15) is 97.8 Å². The van der Waals surface area contributed by atoms with E-state index in [4.69, 9.17) is 7.85 Å². The summed E-state index contributed by atoms with van der Waals surface area (Å²) in [6, 6.07) is 0. The molecule has 116 valence electrons. The SMILES string of the molecule is [B]C1CCCN1C(C)(CCCCCC)CCCCCC. The van der Waals surface area contributed by atoms with Gasteiger partial charge in [0, 0.05) is 5.54 Å². The lowest BCUT2D eigenvalue weighted by Gasteiger charge is -2.43. The van der Waals surface area contributed by atoms with Crippen LogP contribution in [0.4, 0.5) is 0 Å².